The predicted octanol–water partition coefficient (Wildman–Crippen LogP) is 4.56. The van der Waals surface area contributed by atoms with Crippen molar-refractivity contribution in [1.82, 2.24) is 4.98 Å². The summed E-state index contributed by atoms with van der Waals surface area (Å²) in [6.07, 6.45) is 2.84. The van der Waals surface area contributed by atoms with Crippen LogP contribution in [0.3, 0.4) is 0 Å². The van der Waals surface area contributed by atoms with Gasteiger partial charge in [0.15, 0.2) is 17.4 Å². The lowest BCUT2D eigenvalue weighted by Crippen LogP contribution is -2.12. The number of carbonyl (C=O) groups excluding carboxylic acids is 2. The summed E-state index contributed by atoms with van der Waals surface area (Å²) in [5.74, 6) is -2.38. The van der Waals surface area contributed by atoms with E-state index in [4.69, 9.17) is 0 Å². The van der Waals surface area contributed by atoms with Gasteiger partial charge in [-0.05, 0) is 49.4 Å². The fourth-order valence-corrected chi connectivity index (χ4v) is 2.36. The molecule has 5 nitrogen and oxygen atoms in total. The zero-order valence-corrected chi connectivity index (χ0v) is 14.3. The van der Waals surface area contributed by atoms with Crippen molar-refractivity contribution in [3.63, 3.8) is 0 Å². The summed E-state index contributed by atoms with van der Waals surface area (Å²) >= 11 is 0. The van der Waals surface area contributed by atoms with Crippen molar-refractivity contribution in [2.45, 2.75) is 6.92 Å². The van der Waals surface area contributed by atoms with Crippen LogP contribution in [0.15, 0.2) is 60.9 Å². The van der Waals surface area contributed by atoms with Crippen LogP contribution in [0.25, 0.3) is 0 Å². The first-order valence-corrected chi connectivity index (χ1v) is 8.02. The molecular weight excluding hydrogens is 352 g/mol. The van der Waals surface area contributed by atoms with Crippen LogP contribution in [0.4, 0.5) is 25.8 Å². The number of amides is 1. The number of aromatic nitrogens is 1. The van der Waals surface area contributed by atoms with Gasteiger partial charge in [-0.1, -0.05) is 0 Å². The number of nitrogens with zero attached hydrogens (tertiary/aromatic N) is 1. The van der Waals surface area contributed by atoms with Gasteiger partial charge in [-0.25, -0.2) is 8.78 Å². The van der Waals surface area contributed by atoms with E-state index >= 15 is 0 Å². The van der Waals surface area contributed by atoms with Gasteiger partial charge in [-0.2, -0.15) is 0 Å². The Hall–Kier alpha value is -3.61. The number of hydrogen-bond donors (Lipinski definition) is 2. The molecule has 1 aromatic heterocycles. The summed E-state index contributed by atoms with van der Waals surface area (Å²) in [6, 6.07) is 11.4. The first-order valence-electron chi connectivity index (χ1n) is 8.02. The predicted molar refractivity (Wildman–Crippen MR) is 98.3 cm³/mol. The number of pyridine rings is 1. The summed E-state index contributed by atoms with van der Waals surface area (Å²) in [4.78, 5) is 27.6. The van der Waals surface area contributed by atoms with E-state index in [1.165, 1.54) is 31.5 Å². The highest BCUT2D eigenvalue weighted by Crippen LogP contribution is 2.20. The van der Waals surface area contributed by atoms with Crippen molar-refractivity contribution in [2.24, 2.45) is 0 Å². The Morgan fingerprint density at radius 2 is 1.52 bits per heavy atom. The second-order valence-electron chi connectivity index (χ2n) is 5.80. The molecule has 7 heteroatoms. The molecule has 2 N–H and O–H groups in total. The van der Waals surface area contributed by atoms with Crippen molar-refractivity contribution in [1.29, 1.82) is 0 Å². The van der Waals surface area contributed by atoms with Crippen LogP contribution < -0.4 is 10.6 Å². The van der Waals surface area contributed by atoms with Gasteiger partial charge in [0.05, 0.1) is 17.4 Å². The number of carbonyl (C=O) groups is 2. The number of halogens is 2. The van der Waals surface area contributed by atoms with E-state index in [-0.39, 0.29) is 11.3 Å². The molecule has 2 aromatic carbocycles. The van der Waals surface area contributed by atoms with E-state index in [0.29, 0.717) is 22.6 Å². The Balaban J connectivity index is 1.73. The maximum atomic E-state index is 13.3. The van der Waals surface area contributed by atoms with Crippen LogP contribution in [0.5, 0.6) is 0 Å². The summed E-state index contributed by atoms with van der Waals surface area (Å²) in [6.45, 7) is 1.46. The second kappa shape index (κ2) is 7.74. The van der Waals surface area contributed by atoms with E-state index in [1.807, 2.05) is 0 Å². The summed E-state index contributed by atoms with van der Waals surface area (Å²) in [5.41, 5.74) is 2.13. The quantitative estimate of drug-likeness (QED) is 0.649. The van der Waals surface area contributed by atoms with E-state index < -0.39 is 17.5 Å². The number of Topliss-reactive ketones (excluding diaryl/α,β-unsaturated/α-hetero) is 1. The monoisotopic (exact) mass is 367 g/mol. The first kappa shape index (κ1) is 18.2. The average Bonchev–Trinajstić information content (AvgIpc) is 2.65. The third kappa shape index (κ3) is 4.52. The van der Waals surface area contributed by atoms with Gasteiger partial charge in [0, 0.05) is 29.2 Å². The summed E-state index contributed by atoms with van der Waals surface area (Å²) < 4.78 is 26.3. The highest BCUT2D eigenvalue weighted by atomic mass is 19.2. The fourth-order valence-electron chi connectivity index (χ4n) is 2.36. The molecule has 1 heterocycles. The van der Waals surface area contributed by atoms with Crippen LogP contribution >= 0.6 is 0 Å². The Bertz CT molecular complexity index is 1000. The van der Waals surface area contributed by atoms with Crippen LogP contribution in [0, 0.1) is 11.6 Å². The average molecular weight is 367 g/mol. The zero-order chi connectivity index (χ0) is 19.4. The minimum Gasteiger partial charge on any atom is -0.354 e. The molecule has 0 fully saturated rings. The smallest absolute Gasteiger partial charge is 0.257 e. The SMILES string of the molecule is CC(=O)c1ccc(NC(=O)c2cncc(Nc3ccc(F)c(F)c3)c2)cc1. The topological polar surface area (TPSA) is 71.1 Å². The second-order valence-corrected chi connectivity index (χ2v) is 5.80. The van der Waals surface area contributed by atoms with Crippen LogP contribution in [-0.4, -0.2) is 16.7 Å². The molecule has 0 atom stereocenters. The number of rotatable bonds is 5. The Morgan fingerprint density at radius 3 is 2.19 bits per heavy atom. The van der Waals surface area contributed by atoms with Gasteiger partial charge in [0.2, 0.25) is 0 Å². The summed E-state index contributed by atoms with van der Waals surface area (Å²) in [7, 11) is 0. The van der Waals surface area contributed by atoms with Crippen molar-refractivity contribution in [2.75, 3.05) is 10.6 Å². The van der Waals surface area contributed by atoms with Crippen LogP contribution in [-0.2, 0) is 0 Å². The van der Waals surface area contributed by atoms with Crippen molar-refractivity contribution in [3.8, 4) is 0 Å². The fraction of sp³-hybridized carbons (Fsp3) is 0.0500. The lowest BCUT2D eigenvalue weighted by Gasteiger charge is -2.09. The maximum absolute atomic E-state index is 13.3. The van der Waals surface area contributed by atoms with Gasteiger partial charge in [0.25, 0.3) is 5.91 Å². The normalized spacial score (nSPS) is 10.3. The highest BCUT2D eigenvalue weighted by Gasteiger charge is 2.09. The highest BCUT2D eigenvalue weighted by molar-refractivity contribution is 6.05. The maximum Gasteiger partial charge on any atom is 0.257 e. The molecule has 1 amide bonds. The van der Waals surface area contributed by atoms with Crippen molar-refractivity contribution >= 4 is 28.8 Å². The number of nitrogens with one attached hydrogen (secondary N) is 2. The summed E-state index contributed by atoms with van der Waals surface area (Å²) in [5, 5.41) is 5.57. The molecule has 0 aliphatic carbocycles. The standard InChI is InChI=1S/C20H15F2N3O2/c1-12(26)13-2-4-15(5-3-13)25-20(27)14-8-17(11-23-10-14)24-16-6-7-18(21)19(22)9-16/h2-11,24H,1H3,(H,25,27). The van der Waals surface area contributed by atoms with Gasteiger partial charge in [0.1, 0.15) is 0 Å². The molecule has 0 aliphatic heterocycles. The minimum absolute atomic E-state index is 0.0620. The van der Waals surface area contributed by atoms with Gasteiger partial charge >= 0.3 is 0 Å². The molecule has 0 radical (unpaired) electrons. The van der Waals surface area contributed by atoms with Gasteiger partial charge in [-0.3, -0.25) is 14.6 Å². The Morgan fingerprint density at radius 1 is 0.815 bits per heavy atom. The number of hydrogen-bond acceptors (Lipinski definition) is 4. The molecule has 0 bridgehead atoms. The third-order valence-electron chi connectivity index (χ3n) is 3.76. The number of ketones is 1. The molecule has 27 heavy (non-hydrogen) atoms. The molecule has 0 spiro atoms. The number of benzene rings is 2. The third-order valence-corrected chi connectivity index (χ3v) is 3.76. The Kier molecular flexibility index (Phi) is 5.21. The van der Waals surface area contributed by atoms with Gasteiger partial charge < -0.3 is 10.6 Å². The first-order chi connectivity index (χ1) is 12.9. The zero-order valence-electron chi connectivity index (χ0n) is 14.3. The lowest BCUT2D eigenvalue weighted by molar-refractivity contribution is 0.101. The Labute approximate surface area is 154 Å². The van der Waals surface area contributed by atoms with E-state index in [9.17, 15) is 18.4 Å². The molecular formula is C20H15F2N3O2. The molecule has 0 saturated heterocycles. The largest absolute Gasteiger partial charge is 0.354 e. The van der Waals surface area contributed by atoms with Crippen molar-refractivity contribution < 1.29 is 18.4 Å². The van der Waals surface area contributed by atoms with Crippen molar-refractivity contribution in [3.05, 3.63) is 83.7 Å². The molecule has 136 valence electrons. The van der Waals surface area contributed by atoms with Crippen LogP contribution in [0.2, 0.25) is 0 Å². The van der Waals surface area contributed by atoms with Crippen LogP contribution in [0.1, 0.15) is 27.6 Å². The van der Waals surface area contributed by atoms with E-state index in [0.717, 1.165) is 12.1 Å². The molecule has 3 rings (SSSR count). The van der Waals surface area contributed by atoms with Gasteiger partial charge in [-0.15, -0.1) is 0 Å². The molecule has 0 unspecified atom stereocenters. The van der Waals surface area contributed by atoms with E-state index in [2.05, 4.69) is 15.6 Å². The molecule has 3 aromatic rings. The molecule has 0 aliphatic rings. The molecule has 0 saturated carbocycles. The number of anilines is 3. The van der Waals surface area contributed by atoms with E-state index in [1.54, 1.807) is 24.3 Å². The lowest BCUT2D eigenvalue weighted by atomic mass is 10.1. The minimum atomic E-state index is -0.976.